The molecule has 2 heteroatoms. The Morgan fingerprint density at radius 1 is 1.36 bits per heavy atom. The predicted octanol–water partition coefficient (Wildman–Crippen LogP) is 1.35. The van der Waals surface area contributed by atoms with E-state index in [1.807, 2.05) is 0 Å². The van der Waals surface area contributed by atoms with Crippen molar-refractivity contribution in [2.75, 3.05) is 6.54 Å². The molecule has 0 aromatic heterocycles. The Morgan fingerprint density at radius 2 is 2.07 bits per heavy atom. The minimum atomic E-state index is -0.197. The molecule has 1 aromatic carbocycles. The molecule has 0 amide bonds. The van der Waals surface area contributed by atoms with Crippen molar-refractivity contribution < 1.29 is 5.11 Å². The lowest BCUT2D eigenvalue weighted by molar-refractivity contribution is 0.111. The average molecular weight is 189 g/mol. The summed E-state index contributed by atoms with van der Waals surface area (Å²) < 4.78 is 0. The Balaban J connectivity index is 1.98. The van der Waals surface area contributed by atoms with Crippen LogP contribution in [0.4, 0.5) is 0 Å². The van der Waals surface area contributed by atoms with Crippen LogP contribution in [0.5, 0.6) is 0 Å². The minimum absolute atomic E-state index is 0.197. The van der Waals surface area contributed by atoms with Gasteiger partial charge in [0.1, 0.15) is 0 Å². The summed E-state index contributed by atoms with van der Waals surface area (Å²) in [5.41, 5.74) is 2.66. The molecule has 0 bridgehead atoms. The van der Waals surface area contributed by atoms with Crippen molar-refractivity contribution in [2.45, 2.75) is 31.5 Å². The fourth-order valence-corrected chi connectivity index (χ4v) is 2.60. The molecule has 0 saturated carbocycles. The van der Waals surface area contributed by atoms with Crippen molar-refractivity contribution in [2.24, 2.45) is 0 Å². The molecule has 14 heavy (non-hydrogen) atoms. The van der Waals surface area contributed by atoms with Crippen molar-refractivity contribution in [1.82, 2.24) is 4.90 Å². The lowest BCUT2D eigenvalue weighted by atomic mass is 10.1. The number of nitrogens with zero attached hydrogens (tertiary/aromatic N) is 1. The molecule has 74 valence electrons. The fraction of sp³-hybridized carbons (Fsp3) is 0.500. The average Bonchev–Trinajstić information content (AvgIpc) is 2.78. The first-order valence-corrected chi connectivity index (χ1v) is 5.29. The Bertz CT molecular complexity index is 361. The normalized spacial score (nSPS) is 39.6. The van der Waals surface area contributed by atoms with Crippen LogP contribution in [0.1, 0.15) is 24.1 Å². The molecule has 1 heterocycles. The number of fused-ring (bicyclic) bond motifs is 1. The second-order valence-electron chi connectivity index (χ2n) is 4.46. The van der Waals surface area contributed by atoms with Crippen LogP contribution in [0.3, 0.4) is 0 Å². The smallest absolute Gasteiger partial charge is 0.0777 e. The molecule has 4 atom stereocenters. The van der Waals surface area contributed by atoms with Gasteiger partial charge in [-0.25, -0.2) is 0 Å². The van der Waals surface area contributed by atoms with Crippen LogP contribution in [0.15, 0.2) is 24.3 Å². The first kappa shape index (κ1) is 8.45. The Morgan fingerprint density at radius 3 is 2.79 bits per heavy atom. The van der Waals surface area contributed by atoms with Crippen molar-refractivity contribution in [3.63, 3.8) is 0 Å². The molecule has 1 N–H and O–H groups in total. The summed E-state index contributed by atoms with van der Waals surface area (Å²) in [6.07, 6.45) is 0.627. The largest absolute Gasteiger partial charge is 0.391 e. The van der Waals surface area contributed by atoms with Gasteiger partial charge < -0.3 is 5.11 Å². The van der Waals surface area contributed by atoms with E-state index in [1.165, 1.54) is 11.1 Å². The highest BCUT2D eigenvalue weighted by molar-refractivity contribution is 5.37. The van der Waals surface area contributed by atoms with E-state index in [9.17, 15) is 5.11 Å². The lowest BCUT2D eigenvalue weighted by Gasteiger charge is -2.17. The summed E-state index contributed by atoms with van der Waals surface area (Å²) in [4.78, 5) is 2.37. The highest BCUT2D eigenvalue weighted by Gasteiger charge is 2.44. The van der Waals surface area contributed by atoms with E-state index in [-0.39, 0.29) is 12.1 Å². The lowest BCUT2D eigenvalue weighted by Crippen LogP contribution is -2.21. The van der Waals surface area contributed by atoms with Crippen molar-refractivity contribution in [3.05, 3.63) is 35.4 Å². The van der Waals surface area contributed by atoms with Gasteiger partial charge in [0, 0.05) is 19.0 Å². The van der Waals surface area contributed by atoms with Gasteiger partial charge >= 0.3 is 0 Å². The zero-order valence-corrected chi connectivity index (χ0v) is 8.35. The topological polar surface area (TPSA) is 23.2 Å². The second-order valence-corrected chi connectivity index (χ2v) is 4.46. The Hall–Kier alpha value is -0.860. The Kier molecular flexibility index (Phi) is 1.70. The zero-order valence-electron chi connectivity index (χ0n) is 8.35. The van der Waals surface area contributed by atoms with Crippen LogP contribution >= 0.6 is 0 Å². The van der Waals surface area contributed by atoms with Crippen LogP contribution in [0.25, 0.3) is 0 Å². The number of hydrogen-bond donors (Lipinski definition) is 1. The van der Waals surface area contributed by atoms with Gasteiger partial charge in [0.15, 0.2) is 0 Å². The van der Waals surface area contributed by atoms with Crippen LogP contribution in [0.2, 0.25) is 0 Å². The molecular formula is C12H15NO. The predicted molar refractivity (Wildman–Crippen MR) is 55.1 cm³/mol. The quantitative estimate of drug-likeness (QED) is 0.674. The molecule has 1 aliphatic carbocycles. The van der Waals surface area contributed by atoms with Gasteiger partial charge in [-0.1, -0.05) is 24.3 Å². The maximum Gasteiger partial charge on any atom is 0.0777 e. The highest BCUT2D eigenvalue weighted by atomic mass is 16.3. The summed E-state index contributed by atoms with van der Waals surface area (Å²) >= 11 is 0. The molecule has 0 spiro atoms. The van der Waals surface area contributed by atoms with Gasteiger partial charge in [0.2, 0.25) is 0 Å². The molecule has 0 radical (unpaired) electrons. The SMILES string of the molecule is CC1CN1C1c2ccccc2CC1O. The molecule has 1 aromatic rings. The van der Waals surface area contributed by atoms with E-state index in [0.717, 1.165) is 13.0 Å². The van der Waals surface area contributed by atoms with E-state index < -0.39 is 0 Å². The number of aliphatic hydroxyl groups is 1. The van der Waals surface area contributed by atoms with Gasteiger partial charge in [0.05, 0.1) is 12.1 Å². The van der Waals surface area contributed by atoms with Crippen molar-refractivity contribution in [3.8, 4) is 0 Å². The van der Waals surface area contributed by atoms with E-state index in [4.69, 9.17) is 0 Å². The summed E-state index contributed by atoms with van der Waals surface area (Å²) in [7, 11) is 0. The standard InChI is InChI=1S/C12H15NO/c1-8-7-13(8)12-10-5-3-2-4-9(10)6-11(12)14/h2-5,8,11-12,14H,6-7H2,1H3. The molecule has 1 fully saturated rings. The zero-order chi connectivity index (χ0) is 9.71. The third-order valence-corrected chi connectivity index (χ3v) is 3.43. The Labute approximate surface area is 84.2 Å². The summed E-state index contributed by atoms with van der Waals surface area (Å²) in [5.74, 6) is 0. The monoisotopic (exact) mass is 189 g/mol. The van der Waals surface area contributed by atoms with E-state index in [2.05, 4.69) is 36.1 Å². The van der Waals surface area contributed by atoms with Crippen molar-refractivity contribution >= 4 is 0 Å². The van der Waals surface area contributed by atoms with Crippen LogP contribution in [0, 0.1) is 0 Å². The van der Waals surface area contributed by atoms with Crippen LogP contribution in [-0.2, 0) is 6.42 Å². The first-order chi connectivity index (χ1) is 6.77. The molecular weight excluding hydrogens is 174 g/mol. The molecule has 2 aliphatic rings. The summed E-state index contributed by atoms with van der Waals surface area (Å²) in [5, 5.41) is 10.00. The first-order valence-electron chi connectivity index (χ1n) is 5.29. The van der Waals surface area contributed by atoms with E-state index >= 15 is 0 Å². The molecule has 1 aliphatic heterocycles. The van der Waals surface area contributed by atoms with Gasteiger partial charge in [0.25, 0.3) is 0 Å². The molecule has 2 nitrogen and oxygen atoms in total. The second kappa shape index (κ2) is 2.81. The van der Waals surface area contributed by atoms with E-state index in [0.29, 0.717) is 6.04 Å². The number of rotatable bonds is 1. The molecule has 3 rings (SSSR count). The summed E-state index contributed by atoms with van der Waals surface area (Å²) in [6, 6.07) is 9.33. The number of hydrogen-bond acceptors (Lipinski definition) is 2. The maximum atomic E-state index is 10.00. The van der Waals surface area contributed by atoms with Crippen molar-refractivity contribution in [1.29, 1.82) is 0 Å². The number of aliphatic hydroxyl groups excluding tert-OH is 1. The third-order valence-electron chi connectivity index (χ3n) is 3.43. The molecule has 1 saturated heterocycles. The maximum absolute atomic E-state index is 10.00. The highest BCUT2D eigenvalue weighted by Crippen LogP contribution is 2.41. The van der Waals surface area contributed by atoms with Gasteiger partial charge in [-0.3, -0.25) is 4.90 Å². The van der Waals surface area contributed by atoms with Gasteiger partial charge in [-0.2, -0.15) is 0 Å². The van der Waals surface area contributed by atoms with E-state index in [1.54, 1.807) is 0 Å². The van der Waals surface area contributed by atoms with Gasteiger partial charge in [-0.05, 0) is 18.1 Å². The third kappa shape index (κ3) is 1.11. The molecule has 4 unspecified atom stereocenters. The summed E-state index contributed by atoms with van der Waals surface area (Å²) in [6.45, 7) is 3.35. The number of benzene rings is 1. The van der Waals surface area contributed by atoms with Crippen LogP contribution < -0.4 is 0 Å². The minimum Gasteiger partial charge on any atom is -0.391 e. The fourth-order valence-electron chi connectivity index (χ4n) is 2.60. The van der Waals surface area contributed by atoms with Crippen LogP contribution in [-0.4, -0.2) is 28.7 Å². The van der Waals surface area contributed by atoms with Gasteiger partial charge in [-0.15, -0.1) is 0 Å².